The number of rotatable bonds is 9. The van der Waals surface area contributed by atoms with E-state index in [0.29, 0.717) is 46.7 Å². The second-order valence-electron chi connectivity index (χ2n) is 6.98. The normalized spacial score (nSPS) is 13.4. The Balaban J connectivity index is 1.60. The number of nitrogens with one attached hydrogen (secondary N) is 3. The molecule has 2 aromatic rings. The summed E-state index contributed by atoms with van der Waals surface area (Å²) in [5.74, 6) is -1.24. The Morgan fingerprint density at radius 3 is 2.62 bits per heavy atom. The number of fused-ring (bicyclic) bond motifs is 1. The molecule has 0 aliphatic carbocycles. The molecule has 1 saturated heterocycles. The van der Waals surface area contributed by atoms with Crippen molar-refractivity contribution in [2.24, 2.45) is 5.73 Å². The molecule has 12 heteroatoms. The molecule has 1 aliphatic rings. The molecule has 3 rings (SSSR count). The van der Waals surface area contributed by atoms with E-state index in [-0.39, 0.29) is 32.0 Å². The Bertz CT molecular complexity index is 1080. The molecule has 3 amide bonds. The minimum absolute atomic E-state index is 0.0140. The van der Waals surface area contributed by atoms with Gasteiger partial charge in [0.1, 0.15) is 5.58 Å². The van der Waals surface area contributed by atoms with Gasteiger partial charge in [-0.3, -0.25) is 15.0 Å². The van der Waals surface area contributed by atoms with Gasteiger partial charge in [0.15, 0.2) is 5.96 Å². The van der Waals surface area contributed by atoms with Crippen molar-refractivity contribution in [3.05, 3.63) is 45.8 Å². The summed E-state index contributed by atoms with van der Waals surface area (Å²) in [6, 6.07) is 6.34. The van der Waals surface area contributed by atoms with E-state index >= 15 is 0 Å². The predicted octanol–water partition coefficient (Wildman–Crippen LogP) is 0.473. The summed E-state index contributed by atoms with van der Waals surface area (Å²) in [5, 5.41) is 13.3. The van der Waals surface area contributed by atoms with Crippen LogP contribution in [0.2, 0.25) is 0 Å². The van der Waals surface area contributed by atoms with E-state index in [0.717, 1.165) is 0 Å². The first-order chi connectivity index (χ1) is 15.3. The van der Waals surface area contributed by atoms with Crippen LogP contribution in [0.3, 0.4) is 0 Å². The van der Waals surface area contributed by atoms with Crippen LogP contribution in [0.4, 0.5) is 4.79 Å². The molecular formula is C20H23N5O7. The highest BCUT2D eigenvalue weighted by Crippen LogP contribution is 2.20. The summed E-state index contributed by atoms with van der Waals surface area (Å²) in [6.45, 7) is 1.11. The number of carbonyl (C=O) groups is 3. The van der Waals surface area contributed by atoms with Crippen molar-refractivity contribution >= 4 is 34.8 Å². The number of amides is 3. The highest BCUT2D eigenvalue weighted by molar-refractivity contribution is 6.01. The van der Waals surface area contributed by atoms with Gasteiger partial charge in [0, 0.05) is 44.0 Å². The van der Waals surface area contributed by atoms with Gasteiger partial charge in [0.2, 0.25) is 0 Å². The first kappa shape index (κ1) is 22.7. The highest BCUT2D eigenvalue weighted by Gasteiger charge is 2.32. The van der Waals surface area contributed by atoms with E-state index < -0.39 is 23.5 Å². The van der Waals surface area contributed by atoms with Crippen molar-refractivity contribution in [3.63, 3.8) is 0 Å². The van der Waals surface area contributed by atoms with Crippen LogP contribution >= 0.6 is 0 Å². The summed E-state index contributed by atoms with van der Waals surface area (Å²) < 4.78 is 10.8. The lowest BCUT2D eigenvalue weighted by atomic mass is 10.1. The standard InChI is InChI=1S/C20H23N5O7/c21-19(22)23-6-1-7-30-11-13-9-18(28)31-15-3-2-12(8-14(13)15)10-24-20(29)32-25-16(26)4-5-17(25)27/h2-3,8-9H,1,4-7,10-11H2,(H,24,29)(H4,21,22,23). The first-order valence-corrected chi connectivity index (χ1v) is 9.86. The van der Waals surface area contributed by atoms with Gasteiger partial charge >= 0.3 is 11.7 Å². The fourth-order valence-corrected chi connectivity index (χ4v) is 3.03. The van der Waals surface area contributed by atoms with Gasteiger partial charge in [-0.2, -0.15) is 0 Å². The topological polar surface area (TPSA) is 177 Å². The SMILES string of the molecule is N=C(N)NCCCOCc1cc(=O)oc2ccc(CNC(=O)ON3C(=O)CCC3=O)cc12. The molecule has 12 nitrogen and oxygen atoms in total. The van der Waals surface area contributed by atoms with E-state index in [1.54, 1.807) is 18.2 Å². The van der Waals surface area contributed by atoms with Gasteiger partial charge in [-0.15, -0.1) is 5.06 Å². The molecule has 0 bridgehead atoms. The maximum absolute atomic E-state index is 11.9. The molecule has 5 N–H and O–H groups in total. The third kappa shape index (κ3) is 6.04. The molecule has 1 aromatic heterocycles. The van der Waals surface area contributed by atoms with Crippen LogP contribution in [0.15, 0.2) is 33.5 Å². The zero-order valence-corrected chi connectivity index (χ0v) is 17.1. The molecule has 32 heavy (non-hydrogen) atoms. The van der Waals surface area contributed by atoms with Crippen molar-refractivity contribution in [1.29, 1.82) is 5.41 Å². The van der Waals surface area contributed by atoms with E-state index in [4.69, 9.17) is 25.1 Å². The predicted molar refractivity (Wildman–Crippen MR) is 111 cm³/mol. The first-order valence-electron chi connectivity index (χ1n) is 9.86. The number of benzene rings is 1. The smallest absolute Gasteiger partial charge is 0.423 e. The number of ether oxygens (including phenoxy) is 1. The molecule has 0 radical (unpaired) electrons. The van der Waals surface area contributed by atoms with Crippen molar-refractivity contribution in [2.45, 2.75) is 32.4 Å². The second kappa shape index (κ2) is 10.4. The number of hydrogen-bond donors (Lipinski definition) is 4. The summed E-state index contributed by atoms with van der Waals surface area (Å²) >= 11 is 0. The molecule has 0 atom stereocenters. The maximum Gasteiger partial charge on any atom is 0.432 e. The fraction of sp³-hybridized carbons (Fsp3) is 0.350. The zero-order valence-electron chi connectivity index (χ0n) is 17.1. The zero-order chi connectivity index (χ0) is 23.1. The van der Waals surface area contributed by atoms with Gasteiger partial charge in [-0.1, -0.05) is 6.07 Å². The van der Waals surface area contributed by atoms with Crippen LogP contribution < -0.4 is 22.0 Å². The maximum atomic E-state index is 11.9. The number of nitrogens with zero attached hydrogens (tertiary/aromatic N) is 1. The molecule has 0 saturated carbocycles. The van der Waals surface area contributed by atoms with Crippen molar-refractivity contribution < 1.29 is 28.4 Å². The van der Waals surface area contributed by atoms with E-state index in [2.05, 4.69) is 10.6 Å². The van der Waals surface area contributed by atoms with Crippen LogP contribution in [0.25, 0.3) is 11.0 Å². The van der Waals surface area contributed by atoms with Gasteiger partial charge in [-0.05, 0) is 29.7 Å². The average molecular weight is 445 g/mol. The summed E-state index contributed by atoms with van der Waals surface area (Å²) in [7, 11) is 0. The van der Waals surface area contributed by atoms with E-state index in [1.807, 2.05) is 0 Å². The number of carbonyl (C=O) groups excluding carboxylic acids is 3. The highest BCUT2D eigenvalue weighted by atomic mass is 16.7. The Kier molecular flexibility index (Phi) is 7.39. The molecule has 2 heterocycles. The number of guanidine groups is 1. The van der Waals surface area contributed by atoms with Crippen molar-refractivity contribution in [1.82, 2.24) is 15.7 Å². The van der Waals surface area contributed by atoms with Crippen molar-refractivity contribution in [2.75, 3.05) is 13.2 Å². The van der Waals surface area contributed by atoms with Crippen LogP contribution in [-0.2, 0) is 32.3 Å². The lowest BCUT2D eigenvalue weighted by Gasteiger charge is -2.13. The molecule has 1 fully saturated rings. The second-order valence-corrected chi connectivity index (χ2v) is 6.98. The van der Waals surface area contributed by atoms with Gasteiger partial charge < -0.3 is 30.4 Å². The van der Waals surface area contributed by atoms with Crippen LogP contribution in [-0.4, -0.2) is 42.1 Å². The van der Waals surface area contributed by atoms with E-state index in [1.165, 1.54) is 6.07 Å². The molecule has 1 aliphatic heterocycles. The molecule has 170 valence electrons. The summed E-state index contributed by atoms with van der Waals surface area (Å²) in [4.78, 5) is 51.5. The van der Waals surface area contributed by atoms with Gasteiger partial charge in [-0.25, -0.2) is 9.59 Å². The van der Waals surface area contributed by atoms with Gasteiger partial charge in [0.25, 0.3) is 11.8 Å². The quantitative estimate of drug-likeness (QED) is 0.140. The van der Waals surface area contributed by atoms with Crippen LogP contribution in [0.5, 0.6) is 0 Å². The third-order valence-electron chi connectivity index (χ3n) is 4.55. The number of nitrogens with two attached hydrogens (primary N) is 1. The number of hydrogen-bond acceptors (Lipinski definition) is 8. The summed E-state index contributed by atoms with van der Waals surface area (Å²) in [5.41, 5.74) is 6.36. The Hall–Kier alpha value is -3.93. The number of imide groups is 1. The molecule has 0 unspecified atom stereocenters. The Labute approximate surface area is 182 Å². The van der Waals surface area contributed by atoms with Crippen LogP contribution in [0, 0.1) is 5.41 Å². The lowest BCUT2D eigenvalue weighted by Crippen LogP contribution is -2.36. The minimum atomic E-state index is -0.934. The lowest BCUT2D eigenvalue weighted by molar-refractivity contribution is -0.171. The Morgan fingerprint density at radius 1 is 1.16 bits per heavy atom. The van der Waals surface area contributed by atoms with Gasteiger partial charge in [0.05, 0.1) is 6.61 Å². The molecular weight excluding hydrogens is 422 g/mol. The molecule has 0 spiro atoms. The van der Waals surface area contributed by atoms with E-state index in [9.17, 15) is 19.2 Å². The van der Waals surface area contributed by atoms with Crippen LogP contribution in [0.1, 0.15) is 30.4 Å². The average Bonchev–Trinajstić information content (AvgIpc) is 3.06. The third-order valence-corrected chi connectivity index (χ3v) is 4.55. The monoisotopic (exact) mass is 445 g/mol. The Morgan fingerprint density at radius 2 is 1.91 bits per heavy atom. The van der Waals surface area contributed by atoms with Crippen molar-refractivity contribution in [3.8, 4) is 0 Å². The number of hydroxylamine groups is 2. The largest absolute Gasteiger partial charge is 0.432 e. The molecule has 1 aromatic carbocycles. The summed E-state index contributed by atoms with van der Waals surface area (Å²) in [6.07, 6.45) is -0.283. The fourth-order valence-electron chi connectivity index (χ4n) is 3.03. The minimum Gasteiger partial charge on any atom is -0.423 e.